The molecule has 144 valence electrons. The first kappa shape index (κ1) is 19.8. The minimum absolute atomic E-state index is 0.0404. The number of amides is 3. The molecule has 2 N–H and O–H groups in total. The van der Waals surface area contributed by atoms with E-state index in [1.165, 1.54) is 7.11 Å². The van der Waals surface area contributed by atoms with Crippen LogP contribution >= 0.6 is 23.8 Å². The Hall–Kier alpha value is -2.97. The molecule has 0 spiro atoms. The van der Waals surface area contributed by atoms with Crippen LogP contribution in [0.5, 0.6) is 5.75 Å². The summed E-state index contributed by atoms with van der Waals surface area (Å²) in [6, 6.07) is 11.5. The van der Waals surface area contributed by atoms with E-state index in [-0.39, 0.29) is 18.1 Å². The van der Waals surface area contributed by atoms with E-state index in [9.17, 15) is 14.4 Å². The van der Waals surface area contributed by atoms with E-state index in [4.69, 9.17) is 28.6 Å². The molecule has 0 atom stereocenters. The first-order valence-electron chi connectivity index (χ1n) is 8.30. The maximum Gasteiger partial charge on any atom is 0.261 e. The number of benzene rings is 2. The number of carbonyl (C=O) groups excluding carboxylic acids is 3. The number of fused-ring (bicyclic) bond motifs is 1. The van der Waals surface area contributed by atoms with Gasteiger partial charge in [0.15, 0.2) is 5.11 Å². The second kappa shape index (κ2) is 8.37. The normalized spacial score (nSPS) is 12.6. The summed E-state index contributed by atoms with van der Waals surface area (Å²) in [5.74, 6) is -0.738. The number of rotatable bonds is 5. The van der Waals surface area contributed by atoms with Crippen LogP contribution in [0.2, 0.25) is 5.02 Å². The standard InChI is InChI=1S/C19H16ClN3O4S/c1-27-15-7-6-11(20)10-14(15)21-19(28)22-16(24)8-9-23-17(25)12-4-2-3-5-13(12)18(23)26/h2-7,10H,8-9H2,1H3,(H2,21,22,24,28). The molecule has 0 aromatic heterocycles. The molecule has 0 saturated carbocycles. The predicted molar refractivity (Wildman–Crippen MR) is 109 cm³/mol. The van der Waals surface area contributed by atoms with Gasteiger partial charge >= 0.3 is 0 Å². The Bertz CT molecular complexity index is 944. The number of halogens is 1. The lowest BCUT2D eigenvalue weighted by Crippen LogP contribution is -2.38. The van der Waals surface area contributed by atoms with Crippen LogP contribution in [0.15, 0.2) is 42.5 Å². The van der Waals surface area contributed by atoms with Gasteiger partial charge in [-0.1, -0.05) is 23.7 Å². The summed E-state index contributed by atoms with van der Waals surface area (Å²) < 4.78 is 5.20. The molecule has 1 aliphatic rings. The molecule has 0 saturated heterocycles. The Labute approximate surface area is 171 Å². The van der Waals surface area contributed by atoms with Gasteiger partial charge in [0.05, 0.1) is 23.9 Å². The van der Waals surface area contributed by atoms with Crippen LogP contribution in [0.1, 0.15) is 27.1 Å². The highest BCUT2D eigenvalue weighted by molar-refractivity contribution is 7.80. The summed E-state index contributed by atoms with van der Waals surface area (Å²) in [6.45, 7) is -0.0404. The van der Waals surface area contributed by atoms with Crippen molar-refractivity contribution in [1.29, 1.82) is 0 Å². The van der Waals surface area contributed by atoms with Gasteiger partial charge in [-0.3, -0.25) is 19.3 Å². The largest absolute Gasteiger partial charge is 0.495 e. The highest BCUT2D eigenvalue weighted by Gasteiger charge is 2.34. The van der Waals surface area contributed by atoms with Crippen LogP contribution < -0.4 is 15.4 Å². The highest BCUT2D eigenvalue weighted by Crippen LogP contribution is 2.27. The first-order chi connectivity index (χ1) is 13.4. The lowest BCUT2D eigenvalue weighted by atomic mass is 10.1. The number of nitrogens with zero attached hydrogens (tertiary/aromatic N) is 1. The third-order valence-electron chi connectivity index (χ3n) is 4.10. The maximum atomic E-state index is 12.3. The van der Waals surface area contributed by atoms with Gasteiger partial charge in [0.1, 0.15) is 5.75 Å². The zero-order valence-electron chi connectivity index (χ0n) is 14.8. The van der Waals surface area contributed by atoms with E-state index in [2.05, 4.69) is 10.6 Å². The highest BCUT2D eigenvalue weighted by atomic mass is 35.5. The molecule has 0 fully saturated rings. The Kier molecular flexibility index (Phi) is 5.91. The van der Waals surface area contributed by atoms with Crippen molar-refractivity contribution in [1.82, 2.24) is 10.2 Å². The summed E-state index contributed by atoms with van der Waals surface area (Å²) in [5.41, 5.74) is 1.19. The number of thiocarbonyl (C=S) groups is 1. The van der Waals surface area contributed by atoms with Crippen LogP contribution in [0, 0.1) is 0 Å². The molecule has 0 unspecified atom stereocenters. The number of nitrogens with one attached hydrogen (secondary N) is 2. The van der Waals surface area contributed by atoms with Crippen LogP contribution in [0.3, 0.4) is 0 Å². The van der Waals surface area contributed by atoms with Crippen molar-refractivity contribution in [3.8, 4) is 5.75 Å². The number of hydrogen-bond donors (Lipinski definition) is 2. The van der Waals surface area contributed by atoms with E-state index in [1.54, 1.807) is 42.5 Å². The van der Waals surface area contributed by atoms with Gasteiger partial charge in [-0.2, -0.15) is 0 Å². The average molecular weight is 418 g/mol. The zero-order chi connectivity index (χ0) is 20.3. The van der Waals surface area contributed by atoms with Crippen molar-refractivity contribution < 1.29 is 19.1 Å². The Morgan fingerprint density at radius 3 is 2.39 bits per heavy atom. The number of imide groups is 1. The number of methoxy groups -OCH3 is 1. The molecule has 9 heteroatoms. The molecule has 0 bridgehead atoms. The van der Waals surface area contributed by atoms with Crippen molar-refractivity contribution in [2.75, 3.05) is 19.0 Å². The Balaban J connectivity index is 1.55. The fourth-order valence-electron chi connectivity index (χ4n) is 2.78. The van der Waals surface area contributed by atoms with Crippen molar-refractivity contribution in [2.45, 2.75) is 6.42 Å². The predicted octanol–water partition coefficient (Wildman–Crippen LogP) is 2.85. The smallest absolute Gasteiger partial charge is 0.261 e. The van der Waals surface area contributed by atoms with Crippen molar-refractivity contribution in [3.05, 3.63) is 58.6 Å². The summed E-state index contributed by atoms with van der Waals surface area (Å²) in [7, 11) is 1.50. The zero-order valence-corrected chi connectivity index (χ0v) is 16.4. The van der Waals surface area contributed by atoms with Crippen molar-refractivity contribution >= 4 is 52.3 Å². The minimum Gasteiger partial charge on any atom is -0.495 e. The van der Waals surface area contributed by atoms with E-state index >= 15 is 0 Å². The molecule has 28 heavy (non-hydrogen) atoms. The molecular formula is C19H16ClN3O4S. The third-order valence-corrected chi connectivity index (χ3v) is 4.54. The first-order valence-corrected chi connectivity index (χ1v) is 9.09. The number of hydrogen-bond acceptors (Lipinski definition) is 5. The minimum atomic E-state index is -0.435. The molecule has 0 radical (unpaired) electrons. The monoisotopic (exact) mass is 417 g/mol. The van der Waals surface area contributed by atoms with Gasteiger partial charge in [0.2, 0.25) is 5.91 Å². The van der Waals surface area contributed by atoms with Crippen LogP contribution in [0.4, 0.5) is 5.69 Å². The van der Waals surface area contributed by atoms with Gasteiger partial charge in [-0.05, 0) is 42.5 Å². The summed E-state index contributed by atoms with van der Waals surface area (Å²) in [6.07, 6.45) is -0.0834. The van der Waals surface area contributed by atoms with E-state index in [1.807, 2.05) is 0 Å². The molecule has 3 rings (SSSR count). The van der Waals surface area contributed by atoms with Crippen LogP contribution in [-0.2, 0) is 4.79 Å². The van der Waals surface area contributed by atoms with Gasteiger partial charge < -0.3 is 15.4 Å². The topological polar surface area (TPSA) is 87.7 Å². The van der Waals surface area contributed by atoms with Crippen LogP contribution in [0.25, 0.3) is 0 Å². The fourth-order valence-corrected chi connectivity index (χ4v) is 3.17. The summed E-state index contributed by atoms with van der Waals surface area (Å²) in [5, 5.41) is 5.87. The van der Waals surface area contributed by atoms with Gasteiger partial charge in [0, 0.05) is 18.0 Å². The second-order valence-electron chi connectivity index (χ2n) is 5.90. The molecule has 2 aromatic carbocycles. The molecule has 0 aliphatic carbocycles. The van der Waals surface area contributed by atoms with Crippen molar-refractivity contribution in [2.24, 2.45) is 0 Å². The Morgan fingerprint density at radius 1 is 1.14 bits per heavy atom. The third kappa shape index (κ3) is 4.13. The van der Waals surface area contributed by atoms with E-state index in [0.717, 1.165) is 4.90 Å². The van der Waals surface area contributed by atoms with Gasteiger partial charge in [0.25, 0.3) is 11.8 Å². The lowest BCUT2D eigenvalue weighted by Gasteiger charge is -2.15. The number of ether oxygens (including phenoxy) is 1. The lowest BCUT2D eigenvalue weighted by molar-refractivity contribution is -0.119. The number of anilines is 1. The molecule has 7 nitrogen and oxygen atoms in total. The van der Waals surface area contributed by atoms with Gasteiger partial charge in [-0.25, -0.2) is 0 Å². The van der Waals surface area contributed by atoms with E-state index in [0.29, 0.717) is 27.6 Å². The molecule has 3 amide bonds. The van der Waals surface area contributed by atoms with E-state index < -0.39 is 17.7 Å². The Morgan fingerprint density at radius 2 is 1.79 bits per heavy atom. The molecular weight excluding hydrogens is 402 g/mol. The average Bonchev–Trinajstić information content (AvgIpc) is 2.91. The van der Waals surface area contributed by atoms with Crippen LogP contribution in [-0.4, -0.2) is 41.4 Å². The maximum absolute atomic E-state index is 12.3. The fraction of sp³-hybridized carbons (Fsp3) is 0.158. The molecule has 1 aliphatic heterocycles. The second-order valence-corrected chi connectivity index (χ2v) is 6.75. The molecule has 1 heterocycles. The quantitative estimate of drug-likeness (QED) is 0.574. The SMILES string of the molecule is COc1ccc(Cl)cc1NC(=S)NC(=O)CCN1C(=O)c2ccccc2C1=O. The number of carbonyl (C=O) groups is 3. The van der Waals surface area contributed by atoms with Gasteiger partial charge in [-0.15, -0.1) is 0 Å². The summed E-state index contributed by atoms with van der Waals surface area (Å²) in [4.78, 5) is 37.8. The van der Waals surface area contributed by atoms with Crippen molar-refractivity contribution in [3.63, 3.8) is 0 Å². The molecule has 2 aromatic rings. The summed E-state index contributed by atoms with van der Waals surface area (Å²) >= 11 is 11.1.